The molecule has 1 aromatic rings. The van der Waals surface area contributed by atoms with Crippen LogP contribution in [0.5, 0.6) is 0 Å². The highest BCUT2D eigenvalue weighted by Gasteiger charge is 2.23. The molecule has 1 aliphatic heterocycles. The topological polar surface area (TPSA) is 90.1 Å². The number of nitriles is 1. The second-order valence-electron chi connectivity index (χ2n) is 4.37. The largest absolute Gasteiger partial charge is 0.481 e. The Morgan fingerprint density at radius 3 is 2.72 bits per heavy atom. The first kappa shape index (κ1) is 12.3. The average Bonchev–Trinajstić information content (AvgIpc) is 2.39. The third kappa shape index (κ3) is 2.74. The molecule has 0 spiro atoms. The van der Waals surface area contributed by atoms with Gasteiger partial charge in [-0.3, -0.25) is 4.79 Å². The molecule has 0 aromatic carbocycles. The van der Waals surface area contributed by atoms with Crippen molar-refractivity contribution in [3.63, 3.8) is 0 Å². The molecule has 94 valence electrons. The zero-order valence-corrected chi connectivity index (χ0v) is 9.91. The molecule has 0 bridgehead atoms. The zero-order valence-electron chi connectivity index (χ0n) is 9.91. The first-order valence-electron chi connectivity index (χ1n) is 5.88. The van der Waals surface area contributed by atoms with E-state index in [-0.39, 0.29) is 12.3 Å². The normalized spacial score (nSPS) is 16.3. The fourth-order valence-electron chi connectivity index (χ4n) is 2.24. The molecule has 1 aliphatic rings. The standard InChI is InChI=1S/C12H14N4O2/c13-8-10-12(15-4-3-14-10)16-5-1-9(2-6-16)7-11(17)18/h3-4,9H,1-2,5-7H2,(H,17,18). The Bertz CT molecular complexity index is 475. The van der Waals surface area contributed by atoms with E-state index in [0.717, 1.165) is 25.9 Å². The van der Waals surface area contributed by atoms with E-state index in [9.17, 15) is 4.79 Å². The summed E-state index contributed by atoms with van der Waals surface area (Å²) in [6.07, 6.45) is 4.92. The third-order valence-corrected chi connectivity index (χ3v) is 3.16. The minimum absolute atomic E-state index is 0.222. The highest BCUT2D eigenvalue weighted by molar-refractivity contribution is 5.67. The summed E-state index contributed by atoms with van der Waals surface area (Å²) in [5, 5.41) is 17.7. The number of nitrogens with zero attached hydrogens (tertiary/aromatic N) is 4. The highest BCUT2D eigenvalue weighted by Crippen LogP contribution is 2.24. The van der Waals surface area contributed by atoms with Gasteiger partial charge in [0.05, 0.1) is 0 Å². The molecule has 6 nitrogen and oxygen atoms in total. The Morgan fingerprint density at radius 1 is 1.44 bits per heavy atom. The van der Waals surface area contributed by atoms with Crippen LogP contribution in [-0.2, 0) is 4.79 Å². The van der Waals surface area contributed by atoms with Gasteiger partial charge in [0, 0.05) is 31.9 Å². The van der Waals surface area contributed by atoms with Gasteiger partial charge in [0.2, 0.25) is 0 Å². The molecule has 2 heterocycles. The van der Waals surface area contributed by atoms with Gasteiger partial charge in [-0.25, -0.2) is 9.97 Å². The minimum atomic E-state index is -0.745. The number of aliphatic carboxylic acids is 1. The van der Waals surface area contributed by atoms with Gasteiger partial charge in [0.15, 0.2) is 11.5 Å². The number of piperidine rings is 1. The summed E-state index contributed by atoms with van der Waals surface area (Å²) in [7, 11) is 0. The molecule has 1 N–H and O–H groups in total. The molecule has 2 rings (SSSR count). The van der Waals surface area contributed by atoms with Gasteiger partial charge in [-0.15, -0.1) is 0 Å². The van der Waals surface area contributed by atoms with E-state index in [1.165, 1.54) is 6.20 Å². The number of rotatable bonds is 3. The van der Waals surface area contributed by atoms with Crippen molar-refractivity contribution in [1.82, 2.24) is 9.97 Å². The van der Waals surface area contributed by atoms with Crippen LogP contribution >= 0.6 is 0 Å². The van der Waals surface area contributed by atoms with Crippen LogP contribution < -0.4 is 4.90 Å². The number of anilines is 1. The first-order valence-corrected chi connectivity index (χ1v) is 5.88. The number of carboxylic acid groups (broad SMARTS) is 1. The monoisotopic (exact) mass is 246 g/mol. The summed E-state index contributed by atoms with van der Waals surface area (Å²) in [5.74, 6) is 0.0837. The van der Waals surface area contributed by atoms with Crippen molar-refractivity contribution in [2.75, 3.05) is 18.0 Å². The van der Waals surface area contributed by atoms with Crippen LogP contribution in [0, 0.1) is 17.2 Å². The summed E-state index contributed by atoms with van der Waals surface area (Å²) in [4.78, 5) is 20.8. The summed E-state index contributed by atoms with van der Waals surface area (Å²) in [6.45, 7) is 1.46. The van der Waals surface area contributed by atoms with E-state index in [1.807, 2.05) is 11.0 Å². The number of hydrogen-bond donors (Lipinski definition) is 1. The molecule has 18 heavy (non-hydrogen) atoms. The van der Waals surface area contributed by atoms with E-state index in [2.05, 4.69) is 9.97 Å². The smallest absolute Gasteiger partial charge is 0.303 e. The third-order valence-electron chi connectivity index (χ3n) is 3.16. The van der Waals surface area contributed by atoms with Crippen LogP contribution in [0.2, 0.25) is 0 Å². The van der Waals surface area contributed by atoms with Crippen molar-refractivity contribution in [2.24, 2.45) is 5.92 Å². The average molecular weight is 246 g/mol. The zero-order chi connectivity index (χ0) is 13.0. The van der Waals surface area contributed by atoms with Crippen LogP contribution in [0.1, 0.15) is 25.0 Å². The number of carboxylic acids is 1. The Hall–Kier alpha value is -2.16. The van der Waals surface area contributed by atoms with E-state index in [0.29, 0.717) is 11.5 Å². The lowest BCUT2D eigenvalue weighted by atomic mass is 9.93. The fraction of sp³-hybridized carbons (Fsp3) is 0.500. The highest BCUT2D eigenvalue weighted by atomic mass is 16.4. The first-order chi connectivity index (χ1) is 8.70. The van der Waals surface area contributed by atoms with Crippen LogP contribution in [-0.4, -0.2) is 34.1 Å². The number of aromatic nitrogens is 2. The Morgan fingerprint density at radius 2 is 2.11 bits per heavy atom. The van der Waals surface area contributed by atoms with Gasteiger partial charge in [0.25, 0.3) is 0 Å². The van der Waals surface area contributed by atoms with Gasteiger partial charge in [-0.05, 0) is 18.8 Å². The van der Waals surface area contributed by atoms with E-state index in [4.69, 9.17) is 10.4 Å². The second kappa shape index (κ2) is 5.45. The maximum Gasteiger partial charge on any atom is 0.303 e. The molecule has 0 atom stereocenters. The van der Waals surface area contributed by atoms with Crippen molar-refractivity contribution >= 4 is 11.8 Å². The molecule has 1 saturated heterocycles. The molecular formula is C12H14N4O2. The van der Waals surface area contributed by atoms with Crippen molar-refractivity contribution in [3.05, 3.63) is 18.1 Å². The van der Waals surface area contributed by atoms with Crippen LogP contribution in [0.3, 0.4) is 0 Å². The van der Waals surface area contributed by atoms with E-state index in [1.54, 1.807) is 6.20 Å². The molecule has 0 amide bonds. The van der Waals surface area contributed by atoms with Crippen LogP contribution in [0.4, 0.5) is 5.82 Å². The van der Waals surface area contributed by atoms with Crippen molar-refractivity contribution in [2.45, 2.75) is 19.3 Å². The van der Waals surface area contributed by atoms with Crippen LogP contribution in [0.15, 0.2) is 12.4 Å². The van der Waals surface area contributed by atoms with Crippen molar-refractivity contribution < 1.29 is 9.90 Å². The molecular weight excluding hydrogens is 232 g/mol. The molecule has 1 fully saturated rings. The predicted molar refractivity (Wildman–Crippen MR) is 63.9 cm³/mol. The SMILES string of the molecule is N#Cc1nccnc1N1CCC(CC(=O)O)CC1. The van der Waals surface area contributed by atoms with E-state index < -0.39 is 5.97 Å². The van der Waals surface area contributed by atoms with Crippen LogP contribution in [0.25, 0.3) is 0 Å². The fourth-order valence-corrected chi connectivity index (χ4v) is 2.24. The summed E-state index contributed by atoms with van der Waals surface area (Å²) in [6, 6.07) is 2.03. The van der Waals surface area contributed by atoms with E-state index >= 15 is 0 Å². The summed E-state index contributed by atoms with van der Waals surface area (Å²) >= 11 is 0. The van der Waals surface area contributed by atoms with Gasteiger partial charge in [0.1, 0.15) is 6.07 Å². The minimum Gasteiger partial charge on any atom is -0.481 e. The lowest BCUT2D eigenvalue weighted by Gasteiger charge is -2.32. The lowest BCUT2D eigenvalue weighted by Crippen LogP contribution is -2.35. The second-order valence-corrected chi connectivity index (χ2v) is 4.37. The molecule has 6 heteroatoms. The summed E-state index contributed by atoms with van der Waals surface area (Å²) < 4.78 is 0. The lowest BCUT2D eigenvalue weighted by molar-refractivity contribution is -0.138. The Kier molecular flexibility index (Phi) is 3.72. The Labute approximate surface area is 105 Å². The molecule has 0 unspecified atom stereocenters. The van der Waals surface area contributed by atoms with Crippen molar-refractivity contribution in [1.29, 1.82) is 5.26 Å². The maximum absolute atomic E-state index is 10.6. The predicted octanol–water partition coefficient (Wildman–Crippen LogP) is 1.04. The quantitative estimate of drug-likeness (QED) is 0.857. The summed E-state index contributed by atoms with van der Waals surface area (Å²) in [5.41, 5.74) is 0.328. The van der Waals surface area contributed by atoms with Gasteiger partial charge >= 0.3 is 5.97 Å². The maximum atomic E-state index is 10.6. The number of carbonyl (C=O) groups is 1. The molecule has 0 radical (unpaired) electrons. The molecule has 0 saturated carbocycles. The molecule has 0 aliphatic carbocycles. The van der Waals surface area contributed by atoms with Gasteiger partial charge in [-0.1, -0.05) is 0 Å². The van der Waals surface area contributed by atoms with Gasteiger partial charge in [-0.2, -0.15) is 5.26 Å². The van der Waals surface area contributed by atoms with Crippen molar-refractivity contribution in [3.8, 4) is 6.07 Å². The Balaban J connectivity index is 2.01. The van der Waals surface area contributed by atoms with Gasteiger partial charge < -0.3 is 10.0 Å². The molecule has 1 aromatic heterocycles. The number of hydrogen-bond acceptors (Lipinski definition) is 5.